The Hall–Kier alpha value is -1.86. The molecule has 2 N–H and O–H groups in total. The number of nitrogens with zero attached hydrogens (tertiary/aromatic N) is 2. The predicted molar refractivity (Wildman–Crippen MR) is 105 cm³/mol. The molecule has 0 spiro atoms. The molecule has 6 nitrogen and oxygen atoms in total. The monoisotopic (exact) mass is 376 g/mol. The molecule has 2 aromatic rings. The Labute approximate surface area is 159 Å². The largest absolute Gasteiger partial charge is 0.443 e. The summed E-state index contributed by atoms with van der Waals surface area (Å²) in [6.45, 7) is 5.15. The Balaban J connectivity index is 1.57. The maximum absolute atomic E-state index is 5.56. The summed E-state index contributed by atoms with van der Waals surface area (Å²) >= 11 is 1.62. The lowest BCUT2D eigenvalue weighted by atomic mass is 9.67. The Morgan fingerprint density at radius 1 is 1.42 bits per heavy atom. The molecule has 1 aliphatic carbocycles. The molecule has 0 radical (unpaired) electrons. The van der Waals surface area contributed by atoms with Crippen LogP contribution in [0.2, 0.25) is 0 Å². The van der Waals surface area contributed by atoms with E-state index < -0.39 is 0 Å². The van der Waals surface area contributed by atoms with Crippen molar-refractivity contribution in [2.24, 2.45) is 10.4 Å². The van der Waals surface area contributed by atoms with Crippen molar-refractivity contribution in [3.63, 3.8) is 0 Å². The molecular formula is C19H28N4O2S. The number of aromatic nitrogens is 1. The van der Waals surface area contributed by atoms with Gasteiger partial charge in [-0.2, -0.15) is 0 Å². The zero-order valence-corrected chi connectivity index (χ0v) is 16.4. The molecule has 0 aromatic carbocycles. The highest BCUT2D eigenvalue weighted by atomic mass is 32.1. The normalized spacial score (nSPS) is 16.3. The first-order chi connectivity index (χ1) is 12.7. The molecule has 26 heavy (non-hydrogen) atoms. The van der Waals surface area contributed by atoms with Gasteiger partial charge in [-0.1, -0.05) is 12.5 Å². The van der Waals surface area contributed by atoms with Crippen LogP contribution in [0.3, 0.4) is 0 Å². The zero-order chi connectivity index (χ0) is 18.2. The third-order valence-electron chi connectivity index (χ3n) is 4.91. The van der Waals surface area contributed by atoms with Gasteiger partial charge in [-0.15, -0.1) is 11.3 Å². The number of methoxy groups -OCH3 is 1. The van der Waals surface area contributed by atoms with Crippen LogP contribution in [-0.4, -0.2) is 37.7 Å². The molecule has 2 aromatic heterocycles. The van der Waals surface area contributed by atoms with Crippen molar-refractivity contribution in [1.29, 1.82) is 0 Å². The predicted octanol–water partition coefficient (Wildman–Crippen LogP) is 3.67. The first kappa shape index (κ1) is 18.9. The second-order valence-electron chi connectivity index (χ2n) is 6.77. The van der Waals surface area contributed by atoms with Crippen molar-refractivity contribution >= 4 is 17.3 Å². The number of thiophene rings is 1. The molecule has 1 aliphatic rings. The van der Waals surface area contributed by atoms with E-state index in [0.29, 0.717) is 17.9 Å². The van der Waals surface area contributed by atoms with Crippen molar-refractivity contribution in [3.05, 3.63) is 29.5 Å². The topological polar surface area (TPSA) is 71.7 Å². The van der Waals surface area contributed by atoms with E-state index in [2.05, 4.69) is 27.5 Å². The standard InChI is InChI=1S/C19H28N4O2S/c1-3-20-18(22-14-19(7-5-8-19)9-10-24-2)21-12-15-13-25-17(23-15)16-6-4-11-26-16/h4,6,11,13H,3,5,7-10,12,14H2,1-2H3,(H2,20,21,22). The summed E-state index contributed by atoms with van der Waals surface area (Å²) in [5.41, 5.74) is 1.19. The first-order valence-electron chi connectivity index (χ1n) is 9.24. The lowest BCUT2D eigenvalue weighted by Crippen LogP contribution is -2.46. The van der Waals surface area contributed by atoms with E-state index in [-0.39, 0.29) is 0 Å². The van der Waals surface area contributed by atoms with Crippen molar-refractivity contribution in [1.82, 2.24) is 15.6 Å². The summed E-state index contributed by atoms with van der Waals surface area (Å²) in [5.74, 6) is 1.49. The molecule has 1 saturated carbocycles. The molecule has 2 heterocycles. The van der Waals surface area contributed by atoms with Gasteiger partial charge in [-0.05, 0) is 43.0 Å². The minimum Gasteiger partial charge on any atom is -0.443 e. The number of hydrogen-bond acceptors (Lipinski definition) is 5. The van der Waals surface area contributed by atoms with Crippen molar-refractivity contribution < 1.29 is 9.15 Å². The molecule has 0 amide bonds. The fraction of sp³-hybridized carbons (Fsp3) is 0.579. The number of hydrogen-bond donors (Lipinski definition) is 2. The number of oxazole rings is 1. The molecule has 3 rings (SSSR count). The highest BCUT2D eigenvalue weighted by Crippen LogP contribution is 2.43. The maximum atomic E-state index is 5.56. The van der Waals surface area contributed by atoms with E-state index >= 15 is 0 Å². The second kappa shape index (κ2) is 9.19. The van der Waals surface area contributed by atoms with E-state index in [1.165, 1.54) is 19.3 Å². The first-order valence-corrected chi connectivity index (χ1v) is 10.1. The van der Waals surface area contributed by atoms with Crippen LogP contribution < -0.4 is 10.6 Å². The Morgan fingerprint density at radius 2 is 2.31 bits per heavy atom. The molecule has 7 heteroatoms. The summed E-state index contributed by atoms with van der Waals surface area (Å²) in [5, 5.41) is 8.84. The fourth-order valence-electron chi connectivity index (χ4n) is 3.18. The third-order valence-corrected chi connectivity index (χ3v) is 5.77. The number of nitrogens with one attached hydrogen (secondary N) is 2. The molecule has 142 valence electrons. The van der Waals surface area contributed by atoms with Crippen molar-refractivity contribution in [3.8, 4) is 10.8 Å². The molecule has 0 unspecified atom stereocenters. The van der Waals surface area contributed by atoms with Crippen molar-refractivity contribution in [2.75, 3.05) is 26.8 Å². The molecular weight excluding hydrogens is 348 g/mol. The van der Waals surface area contributed by atoms with Crippen LogP contribution in [0.4, 0.5) is 0 Å². The highest BCUT2D eigenvalue weighted by Gasteiger charge is 2.36. The summed E-state index contributed by atoms with van der Waals surface area (Å²) in [7, 11) is 1.77. The van der Waals surface area contributed by atoms with Gasteiger partial charge in [0, 0.05) is 26.8 Å². The Kier molecular flexibility index (Phi) is 6.68. The minimum absolute atomic E-state index is 0.354. The van der Waals surface area contributed by atoms with E-state index in [1.54, 1.807) is 24.7 Å². The van der Waals surface area contributed by atoms with Gasteiger partial charge in [0.1, 0.15) is 12.0 Å². The average molecular weight is 377 g/mol. The molecule has 0 bridgehead atoms. The second-order valence-corrected chi connectivity index (χ2v) is 7.71. The number of ether oxygens (including phenoxy) is 1. The number of guanidine groups is 1. The van der Waals surface area contributed by atoms with Crippen LogP contribution in [0.5, 0.6) is 0 Å². The van der Waals surface area contributed by atoms with Gasteiger partial charge in [0.05, 0.1) is 11.4 Å². The van der Waals surface area contributed by atoms with Crippen LogP contribution >= 0.6 is 11.3 Å². The fourth-order valence-corrected chi connectivity index (χ4v) is 3.83. The Morgan fingerprint density at radius 3 is 2.96 bits per heavy atom. The smallest absolute Gasteiger partial charge is 0.236 e. The highest BCUT2D eigenvalue weighted by molar-refractivity contribution is 7.13. The van der Waals surface area contributed by atoms with Crippen LogP contribution in [-0.2, 0) is 11.3 Å². The van der Waals surface area contributed by atoms with Gasteiger partial charge in [0.25, 0.3) is 0 Å². The van der Waals surface area contributed by atoms with Gasteiger partial charge in [0.15, 0.2) is 5.96 Å². The summed E-state index contributed by atoms with van der Waals surface area (Å²) in [6, 6.07) is 4.00. The molecule has 0 aliphatic heterocycles. The number of rotatable bonds is 9. The minimum atomic E-state index is 0.354. The Bertz CT molecular complexity index is 692. The van der Waals surface area contributed by atoms with E-state index in [0.717, 1.165) is 42.6 Å². The summed E-state index contributed by atoms with van der Waals surface area (Å²) in [4.78, 5) is 10.2. The third kappa shape index (κ3) is 4.86. The SMILES string of the molecule is CCNC(=NCc1coc(-c2cccs2)n1)NCC1(CCOC)CCC1. The lowest BCUT2D eigenvalue weighted by Gasteiger charge is -2.42. The van der Waals surface area contributed by atoms with Gasteiger partial charge in [-0.3, -0.25) is 0 Å². The maximum Gasteiger partial charge on any atom is 0.236 e. The van der Waals surface area contributed by atoms with E-state index in [4.69, 9.17) is 9.15 Å². The number of aliphatic imine (C=N–C) groups is 1. The van der Waals surface area contributed by atoms with Crippen LogP contribution in [0.25, 0.3) is 10.8 Å². The molecule has 1 fully saturated rings. The summed E-state index contributed by atoms with van der Waals surface area (Å²) in [6.07, 6.45) is 6.62. The van der Waals surface area contributed by atoms with Crippen LogP contribution in [0, 0.1) is 5.41 Å². The molecule has 0 saturated heterocycles. The van der Waals surface area contributed by atoms with E-state index in [1.807, 2.05) is 17.5 Å². The van der Waals surface area contributed by atoms with Crippen molar-refractivity contribution in [2.45, 2.75) is 39.2 Å². The van der Waals surface area contributed by atoms with E-state index in [9.17, 15) is 0 Å². The van der Waals surface area contributed by atoms with Gasteiger partial charge in [0.2, 0.25) is 5.89 Å². The lowest BCUT2D eigenvalue weighted by molar-refractivity contribution is 0.0732. The molecule has 0 atom stereocenters. The van der Waals surface area contributed by atoms with Gasteiger partial charge in [-0.25, -0.2) is 9.98 Å². The zero-order valence-electron chi connectivity index (χ0n) is 15.6. The van der Waals surface area contributed by atoms with Gasteiger partial charge < -0.3 is 19.8 Å². The quantitative estimate of drug-likeness (QED) is 0.516. The summed E-state index contributed by atoms with van der Waals surface area (Å²) < 4.78 is 10.8. The average Bonchev–Trinajstić information content (AvgIpc) is 3.29. The van der Waals surface area contributed by atoms with Crippen LogP contribution in [0.1, 0.15) is 38.3 Å². The van der Waals surface area contributed by atoms with Gasteiger partial charge >= 0.3 is 0 Å². The van der Waals surface area contributed by atoms with Crippen LogP contribution in [0.15, 0.2) is 33.2 Å².